The van der Waals surface area contributed by atoms with Gasteiger partial charge in [0.2, 0.25) is 5.91 Å². The molecule has 1 aromatic rings. The molecule has 0 spiro atoms. The Morgan fingerprint density at radius 3 is 2.88 bits per heavy atom. The van der Waals surface area contributed by atoms with Crippen LogP contribution in [-0.4, -0.2) is 24.3 Å². The fourth-order valence-corrected chi connectivity index (χ4v) is 1.65. The standard InChI is InChI=1S/C10H11IN2O3/c1-6(14)13-12-5-7-3-8(11)10(15)9(4-7)16-2/h3-5,15H,1-2H3,(H,13,14)/b12-5+. The van der Waals surface area contributed by atoms with Crippen LogP contribution in [0.25, 0.3) is 0 Å². The molecule has 0 bridgehead atoms. The fourth-order valence-electron chi connectivity index (χ4n) is 1.02. The Kier molecular flexibility index (Phi) is 4.53. The van der Waals surface area contributed by atoms with E-state index in [-0.39, 0.29) is 11.7 Å². The lowest BCUT2D eigenvalue weighted by Crippen LogP contribution is -2.12. The number of amides is 1. The number of carbonyl (C=O) groups excluding carboxylic acids is 1. The number of aromatic hydroxyl groups is 1. The number of benzene rings is 1. The number of hydrogen-bond donors (Lipinski definition) is 2. The zero-order valence-corrected chi connectivity index (χ0v) is 11.0. The Morgan fingerprint density at radius 2 is 2.31 bits per heavy atom. The second-order valence-corrected chi connectivity index (χ2v) is 4.14. The van der Waals surface area contributed by atoms with Crippen LogP contribution in [0.4, 0.5) is 0 Å². The van der Waals surface area contributed by atoms with Crippen molar-refractivity contribution < 1.29 is 14.6 Å². The van der Waals surface area contributed by atoms with Gasteiger partial charge in [0, 0.05) is 6.92 Å². The summed E-state index contributed by atoms with van der Waals surface area (Å²) in [6.07, 6.45) is 1.48. The molecule has 0 saturated heterocycles. The van der Waals surface area contributed by atoms with Crippen molar-refractivity contribution in [3.8, 4) is 11.5 Å². The van der Waals surface area contributed by atoms with Gasteiger partial charge in [0.1, 0.15) is 0 Å². The van der Waals surface area contributed by atoms with E-state index in [0.717, 1.165) is 5.56 Å². The van der Waals surface area contributed by atoms with E-state index < -0.39 is 0 Å². The van der Waals surface area contributed by atoms with Crippen molar-refractivity contribution in [2.24, 2.45) is 5.10 Å². The molecule has 0 fully saturated rings. The van der Waals surface area contributed by atoms with Gasteiger partial charge >= 0.3 is 0 Å². The number of phenolic OH excluding ortho intramolecular Hbond substituents is 1. The maximum atomic E-state index is 10.6. The summed E-state index contributed by atoms with van der Waals surface area (Å²) < 4.78 is 5.64. The van der Waals surface area contributed by atoms with Gasteiger partial charge < -0.3 is 9.84 Å². The monoisotopic (exact) mass is 334 g/mol. The molecule has 1 aromatic carbocycles. The number of hydrogen-bond acceptors (Lipinski definition) is 4. The SMILES string of the molecule is COc1cc(/C=N/NC(C)=O)cc(I)c1O. The number of carbonyl (C=O) groups is 1. The highest BCUT2D eigenvalue weighted by Gasteiger charge is 2.07. The number of ether oxygens (including phenoxy) is 1. The van der Waals surface area contributed by atoms with Crippen LogP contribution in [0.2, 0.25) is 0 Å². The molecule has 0 radical (unpaired) electrons. The number of methoxy groups -OCH3 is 1. The normalized spacial score (nSPS) is 10.4. The Hall–Kier alpha value is -1.31. The molecule has 1 amide bonds. The molecule has 1 rings (SSSR count). The lowest BCUT2D eigenvalue weighted by molar-refractivity contribution is -0.118. The third kappa shape index (κ3) is 3.37. The number of nitrogens with one attached hydrogen (secondary N) is 1. The Bertz CT molecular complexity index is 432. The molecule has 86 valence electrons. The van der Waals surface area contributed by atoms with Gasteiger partial charge in [-0.05, 0) is 40.3 Å². The lowest BCUT2D eigenvalue weighted by atomic mass is 10.2. The zero-order chi connectivity index (χ0) is 12.1. The second-order valence-electron chi connectivity index (χ2n) is 2.98. The summed E-state index contributed by atoms with van der Waals surface area (Å²) in [7, 11) is 1.47. The van der Waals surface area contributed by atoms with Gasteiger partial charge in [-0.25, -0.2) is 5.43 Å². The first-order valence-corrected chi connectivity index (χ1v) is 5.48. The minimum absolute atomic E-state index is 0.0970. The van der Waals surface area contributed by atoms with Gasteiger partial charge in [-0.2, -0.15) is 5.10 Å². The van der Waals surface area contributed by atoms with Gasteiger partial charge in [-0.3, -0.25) is 4.79 Å². The second kappa shape index (κ2) is 5.69. The van der Waals surface area contributed by atoms with Gasteiger partial charge in [0.05, 0.1) is 16.9 Å². The molecule has 0 aliphatic rings. The van der Waals surface area contributed by atoms with Crippen LogP contribution < -0.4 is 10.2 Å². The van der Waals surface area contributed by atoms with E-state index >= 15 is 0 Å². The lowest BCUT2D eigenvalue weighted by Gasteiger charge is -2.06. The van der Waals surface area contributed by atoms with Crippen LogP contribution in [-0.2, 0) is 4.79 Å². The third-order valence-electron chi connectivity index (χ3n) is 1.71. The first kappa shape index (κ1) is 12.8. The van der Waals surface area contributed by atoms with Gasteiger partial charge in [-0.1, -0.05) is 0 Å². The number of hydrazone groups is 1. The molecule has 16 heavy (non-hydrogen) atoms. The summed E-state index contributed by atoms with van der Waals surface area (Å²) in [5.41, 5.74) is 3.02. The van der Waals surface area contributed by atoms with Crippen molar-refractivity contribution in [2.45, 2.75) is 6.92 Å². The van der Waals surface area contributed by atoms with E-state index in [2.05, 4.69) is 10.5 Å². The Morgan fingerprint density at radius 1 is 1.62 bits per heavy atom. The highest BCUT2D eigenvalue weighted by Crippen LogP contribution is 2.31. The van der Waals surface area contributed by atoms with Gasteiger partial charge in [0.25, 0.3) is 0 Å². The molecule has 0 heterocycles. The maximum Gasteiger partial charge on any atom is 0.236 e. The Balaban J connectivity index is 2.93. The van der Waals surface area contributed by atoms with E-state index in [4.69, 9.17) is 4.74 Å². The largest absolute Gasteiger partial charge is 0.504 e. The molecule has 0 unspecified atom stereocenters. The minimum atomic E-state index is -0.239. The maximum absolute atomic E-state index is 10.6. The van der Waals surface area contributed by atoms with Crippen LogP contribution in [0, 0.1) is 3.57 Å². The van der Waals surface area contributed by atoms with Crippen molar-refractivity contribution in [2.75, 3.05) is 7.11 Å². The molecular weight excluding hydrogens is 323 g/mol. The quantitative estimate of drug-likeness (QED) is 0.500. The van der Waals surface area contributed by atoms with Crippen LogP contribution in [0.1, 0.15) is 12.5 Å². The first-order valence-electron chi connectivity index (χ1n) is 4.40. The van der Waals surface area contributed by atoms with Crippen molar-refractivity contribution >= 4 is 34.7 Å². The average molecular weight is 334 g/mol. The molecule has 5 nitrogen and oxygen atoms in total. The fraction of sp³-hybridized carbons (Fsp3) is 0.200. The first-order chi connectivity index (χ1) is 7.54. The highest BCUT2D eigenvalue weighted by molar-refractivity contribution is 14.1. The van der Waals surface area contributed by atoms with E-state index in [1.807, 2.05) is 22.6 Å². The smallest absolute Gasteiger partial charge is 0.236 e. The number of rotatable bonds is 3. The summed E-state index contributed by atoms with van der Waals surface area (Å²) in [6, 6.07) is 3.35. The van der Waals surface area contributed by atoms with Crippen LogP contribution in [0.3, 0.4) is 0 Å². The summed E-state index contributed by atoms with van der Waals surface area (Å²) in [6.45, 7) is 1.37. The predicted molar refractivity (Wildman–Crippen MR) is 68.8 cm³/mol. The zero-order valence-electron chi connectivity index (χ0n) is 8.82. The summed E-state index contributed by atoms with van der Waals surface area (Å²) in [5, 5.41) is 13.3. The van der Waals surface area contributed by atoms with E-state index in [1.165, 1.54) is 20.2 Å². The van der Waals surface area contributed by atoms with Crippen molar-refractivity contribution in [1.82, 2.24) is 5.43 Å². The average Bonchev–Trinajstić information content (AvgIpc) is 2.22. The molecular formula is C10H11IN2O3. The third-order valence-corrected chi connectivity index (χ3v) is 2.53. The summed E-state index contributed by atoms with van der Waals surface area (Å²) in [5.74, 6) is 0.229. The summed E-state index contributed by atoms with van der Waals surface area (Å²) >= 11 is 1.99. The molecule has 0 aromatic heterocycles. The topological polar surface area (TPSA) is 70.9 Å². The summed E-state index contributed by atoms with van der Waals surface area (Å²) in [4.78, 5) is 10.6. The predicted octanol–water partition coefficient (Wildman–Crippen LogP) is 1.48. The van der Waals surface area contributed by atoms with Crippen molar-refractivity contribution in [3.05, 3.63) is 21.3 Å². The molecule has 0 atom stereocenters. The van der Waals surface area contributed by atoms with Crippen LogP contribution in [0.15, 0.2) is 17.2 Å². The van der Waals surface area contributed by atoms with Crippen LogP contribution in [0.5, 0.6) is 11.5 Å². The minimum Gasteiger partial charge on any atom is -0.504 e. The highest BCUT2D eigenvalue weighted by atomic mass is 127. The van der Waals surface area contributed by atoms with Gasteiger partial charge in [-0.15, -0.1) is 0 Å². The van der Waals surface area contributed by atoms with E-state index in [0.29, 0.717) is 9.32 Å². The van der Waals surface area contributed by atoms with Crippen LogP contribution >= 0.6 is 22.6 Å². The number of halogens is 1. The Labute approximate surface area is 107 Å². The number of phenols is 1. The van der Waals surface area contributed by atoms with E-state index in [1.54, 1.807) is 12.1 Å². The molecule has 0 saturated carbocycles. The van der Waals surface area contributed by atoms with Gasteiger partial charge in [0.15, 0.2) is 11.5 Å². The molecule has 0 aliphatic heterocycles. The van der Waals surface area contributed by atoms with Crippen molar-refractivity contribution in [3.63, 3.8) is 0 Å². The molecule has 6 heteroatoms. The van der Waals surface area contributed by atoms with Crippen molar-refractivity contribution in [1.29, 1.82) is 0 Å². The molecule has 0 aliphatic carbocycles. The van der Waals surface area contributed by atoms with E-state index in [9.17, 15) is 9.90 Å². The number of nitrogens with zero attached hydrogens (tertiary/aromatic N) is 1. The molecule has 2 N–H and O–H groups in total.